The minimum atomic E-state index is -0.865. The van der Waals surface area contributed by atoms with Crippen molar-refractivity contribution in [2.24, 2.45) is 5.92 Å². The highest BCUT2D eigenvalue weighted by Gasteiger charge is 2.30. The van der Waals surface area contributed by atoms with Gasteiger partial charge in [-0.05, 0) is 25.0 Å². The monoisotopic (exact) mass is 292 g/mol. The van der Waals surface area contributed by atoms with Crippen LogP contribution >= 0.6 is 0 Å². The smallest absolute Gasteiger partial charge is 0.276 e. The van der Waals surface area contributed by atoms with Crippen LogP contribution in [-0.2, 0) is 11.3 Å². The van der Waals surface area contributed by atoms with Gasteiger partial charge in [0, 0.05) is 5.56 Å². The molecule has 1 aromatic rings. The van der Waals surface area contributed by atoms with E-state index in [1.54, 1.807) is 13.0 Å². The Labute approximate surface area is 125 Å². The van der Waals surface area contributed by atoms with E-state index in [4.69, 9.17) is 0 Å². The summed E-state index contributed by atoms with van der Waals surface area (Å²) in [5.74, 6) is -0.432. The number of nitrogens with zero attached hydrogens (tertiary/aromatic N) is 1. The third-order valence-electron chi connectivity index (χ3n) is 3.64. The maximum absolute atomic E-state index is 13.1. The van der Waals surface area contributed by atoms with Crippen molar-refractivity contribution in [2.45, 2.75) is 32.9 Å². The van der Waals surface area contributed by atoms with Crippen LogP contribution < -0.4 is 10.2 Å². The van der Waals surface area contributed by atoms with E-state index in [1.165, 1.54) is 12.1 Å². The minimum Gasteiger partial charge on any atom is -0.333 e. The number of quaternary nitrogens is 1. The van der Waals surface area contributed by atoms with Gasteiger partial charge in [0.05, 0.1) is 13.1 Å². The third-order valence-corrected chi connectivity index (χ3v) is 3.64. The highest BCUT2D eigenvalue weighted by molar-refractivity contribution is 5.78. The molecule has 114 valence electrons. The quantitative estimate of drug-likeness (QED) is 0.818. The van der Waals surface area contributed by atoms with Crippen molar-refractivity contribution in [2.75, 3.05) is 13.6 Å². The zero-order chi connectivity index (χ0) is 16.0. The van der Waals surface area contributed by atoms with Crippen molar-refractivity contribution >= 4 is 5.91 Å². The highest BCUT2D eigenvalue weighted by Crippen LogP contribution is 2.14. The Morgan fingerprint density at radius 2 is 2.19 bits per heavy atom. The average Bonchev–Trinajstić information content (AvgIpc) is 2.37. The van der Waals surface area contributed by atoms with E-state index < -0.39 is 5.54 Å². The first-order valence-electron chi connectivity index (χ1n) is 7.05. The largest absolute Gasteiger partial charge is 0.333 e. The van der Waals surface area contributed by atoms with Gasteiger partial charge in [0.2, 0.25) is 0 Å². The first-order chi connectivity index (χ1) is 9.76. The molecule has 4 nitrogen and oxygen atoms in total. The fraction of sp³-hybridized carbons (Fsp3) is 0.500. The van der Waals surface area contributed by atoms with Crippen LogP contribution in [0.2, 0.25) is 0 Å². The Hall–Kier alpha value is -1.93. The molecule has 0 bridgehead atoms. The van der Waals surface area contributed by atoms with Crippen molar-refractivity contribution in [3.05, 3.63) is 35.6 Å². The number of hydrogen-bond donors (Lipinski definition) is 2. The highest BCUT2D eigenvalue weighted by atomic mass is 19.1. The number of nitrogens with one attached hydrogen (secondary N) is 2. The number of halogens is 1. The van der Waals surface area contributed by atoms with Crippen LogP contribution in [0.5, 0.6) is 0 Å². The van der Waals surface area contributed by atoms with Crippen LogP contribution in [-0.4, -0.2) is 25.0 Å². The lowest BCUT2D eigenvalue weighted by molar-refractivity contribution is -0.885. The summed E-state index contributed by atoms with van der Waals surface area (Å²) in [5.41, 5.74) is -0.0249. The van der Waals surface area contributed by atoms with E-state index in [0.717, 1.165) is 10.5 Å². The summed E-state index contributed by atoms with van der Waals surface area (Å²) in [5, 5.41) is 12.0. The molecule has 0 heterocycles. The number of nitriles is 1. The fourth-order valence-electron chi connectivity index (χ4n) is 1.97. The molecule has 0 spiro atoms. The first kappa shape index (κ1) is 17.1. The van der Waals surface area contributed by atoms with Gasteiger partial charge in [0.15, 0.2) is 6.54 Å². The van der Waals surface area contributed by atoms with E-state index in [-0.39, 0.29) is 24.2 Å². The predicted molar refractivity (Wildman–Crippen MR) is 78.9 cm³/mol. The Morgan fingerprint density at radius 3 is 2.71 bits per heavy atom. The second kappa shape index (κ2) is 7.19. The zero-order valence-corrected chi connectivity index (χ0v) is 13.0. The van der Waals surface area contributed by atoms with Crippen LogP contribution in [0.25, 0.3) is 0 Å². The van der Waals surface area contributed by atoms with E-state index in [1.807, 2.05) is 27.0 Å². The lowest BCUT2D eigenvalue weighted by Crippen LogP contribution is -3.09. The zero-order valence-electron chi connectivity index (χ0n) is 13.0. The molecule has 0 fully saturated rings. The molecule has 1 aromatic carbocycles. The second-order valence-electron chi connectivity index (χ2n) is 5.96. The topological polar surface area (TPSA) is 57.3 Å². The Balaban J connectivity index is 2.57. The van der Waals surface area contributed by atoms with Gasteiger partial charge in [-0.3, -0.25) is 4.79 Å². The van der Waals surface area contributed by atoms with Gasteiger partial charge in [-0.15, -0.1) is 0 Å². The standard InChI is InChI=1S/C16H22FN3O/c1-12(2)16(3,11-18)19-15(21)10-20(4)9-13-6-5-7-14(17)8-13/h5-8,12H,9-10H2,1-4H3,(H,19,21)/p+1/t16-/m1/s1. The van der Waals surface area contributed by atoms with Crippen LogP contribution in [0.15, 0.2) is 24.3 Å². The van der Waals surface area contributed by atoms with Gasteiger partial charge in [-0.25, -0.2) is 4.39 Å². The molecule has 1 amide bonds. The number of carbonyl (C=O) groups excluding carboxylic acids is 1. The van der Waals surface area contributed by atoms with Crippen LogP contribution in [0.1, 0.15) is 26.3 Å². The Bertz CT molecular complexity index is 539. The van der Waals surface area contributed by atoms with Crippen molar-refractivity contribution in [3.63, 3.8) is 0 Å². The van der Waals surface area contributed by atoms with Gasteiger partial charge in [0.25, 0.3) is 5.91 Å². The van der Waals surface area contributed by atoms with Crippen molar-refractivity contribution in [3.8, 4) is 6.07 Å². The molecule has 1 unspecified atom stereocenters. The maximum atomic E-state index is 13.1. The minimum absolute atomic E-state index is 0.0231. The summed E-state index contributed by atoms with van der Waals surface area (Å²) in [7, 11) is 1.86. The number of rotatable bonds is 6. The molecule has 0 radical (unpaired) electrons. The van der Waals surface area contributed by atoms with Gasteiger partial charge in [-0.2, -0.15) is 5.26 Å². The van der Waals surface area contributed by atoms with Crippen LogP contribution in [0, 0.1) is 23.1 Å². The first-order valence-corrected chi connectivity index (χ1v) is 7.05. The maximum Gasteiger partial charge on any atom is 0.276 e. The normalized spacial score (nSPS) is 15.1. The van der Waals surface area contributed by atoms with Crippen LogP contribution in [0.3, 0.4) is 0 Å². The van der Waals surface area contributed by atoms with E-state index in [9.17, 15) is 14.4 Å². The molecule has 21 heavy (non-hydrogen) atoms. The second-order valence-corrected chi connectivity index (χ2v) is 5.96. The summed E-state index contributed by atoms with van der Waals surface area (Å²) < 4.78 is 13.1. The number of carbonyl (C=O) groups is 1. The van der Waals surface area contributed by atoms with Crippen molar-refractivity contribution in [1.29, 1.82) is 5.26 Å². The van der Waals surface area contributed by atoms with E-state index in [0.29, 0.717) is 6.54 Å². The lowest BCUT2D eigenvalue weighted by Gasteiger charge is -2.27. The van der Waals surface area contributed by atoms with Gasteiger partial charge >= 0.3 is 0 Å². The molecule has 0 saturated heterocycles. The average molecular weight is 292 g/mol. The molecule has 0 aliphatic heterocycles. The molecule has 2 N–H and O–H groups in total. The van der Waals surface area contributed by atoms with Crippen molar-refractivity contribution in [1.82, 2.24) is 5.32 Å². The number of hydrogen-bond acceptors (Lipinski definition) is 2. The SMILES string of the molecule is CC(C)[C@@](C)(C#N)NC(=O)C[NH+](C)Cc1cccc(F)c1. The Kier molecular flexibility index (Phi) is 5.86. The van der Waals surface area contributed by atoms with Gasteiger partial charge < -0.3 is 10.2 Å². The number of benzene rings is 1. The molecule has 0 aliphatic carbocycles. The van der Waals surface area contributed by atoms with Crippen molar-refractivity contribution < 1.29 is 14.1 Å². The molecule has 0 aliphatic rings. The predicted octanol–water partition coefficient (Wildman–Crippen LogP) is 0.895. The van der Waals surface area contributed by atoms with Gasteiger partial charge in [-0.1, -0.05) is 26.0 Å². The van der Waals surface area contributed by atoms with Crippen LogP contribution in [0.4, 0.5) is 4.39 Å². The Morgan fingerprint density at radius 1 is 1.52 bits per heavy atom. The lowest BCUT2D eigenvalue weighted by atomic mass is 9.90. The molecule has 2 atom stereocenters. The molecule has 5 heteroatoms. The summed E-state index contributed by atoms with van der Waals surface area (Å²) >= 11 is 0. The van der Waals surface area contributed by atoms with E-state index >= 15 is 0 Å². The summed E-state index contributed by atoms with van der Waals surface area (Å²) in [6, 6.07) is 8.50. The molecule has 1 rings (SSSR count). The molecular weight excluding hydrogens is 269 g/mol. The molecule has 0 aromatic heterocycles. The number of likely N-dealkylation sites (N-methyl/N-ethyl adjacent to an activating group) is 1. The number of amides is 1. The van der Waals surface area contributed by atoms with E-state index in [2.05, 4.69) is 11.4 Å². The summed E-state index contributed by atoms with van der Waals surface area (Å²) in [4.78, 5) is 13.0. The third kappa shape index (κ3) is 5.16. The summed E-state index contributed by atoms with van der Waals surface area (Å²) in [6.45, 7) is 6.30. The summed E-state index contributed by atoms with van der Waals surface area (Å²) in [6.07, 6.45) is 0. The van der Waals surface area contributed by atoms with Gasteiger partial charge in [0.1, 0.15) is 17.9 Å². The fourth-order valence-corrected chi connectivity index (χ4v) is 1.97. The molecule has 0 saturated carbocycles. The molecular formula is C16H23FN3O+.